The molecule has 0 saturated heterocycles. The lowest BCUT2D eigenvalue weighted by atomic mass is 9.79. The lowest BCUT2D eigenvalue weighted by Gasteiger charge is -2.30. The minimum absolute atomic E-state index is 0. The van der Waals surface area contributed by atoms with Crippen molar-refractivity contribution < 1.29 is 5.11 Å². The van der Waals surface area contributed by atoms with Gasteiger partial charge in [0.15, 0.2) is 5.96 Å². The molecule has 6 heteroatoms. The molecule has 5 nitrogen and oxygen atoms in total. The Bertz CT molecular complexity index is 590. The zero-order valence-electron chi connectivity index (χ0n) is 17.8. The zero-order valence-corrected chi connectivity index (χ0v) is 20.2. The van der Waals surface area contributed by atoms with Gasteiger partial charge in [0.2, 0.25) is 0 Å². The van der Waals surface area contributed by atoms with Crippen molar-refractivity contribution >= 4 is 29.9 Å². The lowest BCUT2D eigenvalue weighted by Crippen LogP contribution is -2.43. The number of fused-ring (bicyclic) bond motifs is 1. The SMILES string of the molecule is CCNC(=NCC(CC)(CC)CCO)NCCN1CCc2ccccc2C1.I. The number of aliphatic hydroxyl groups is 1. The molecule has 0 fully saturated rings. The summed E-state index contributed by atoms with van der Waals surface area (Å²) in [6.07, 6.45) is 4.04. The number of guanidine groups is 1. The van der Waals surface area contributed by atoms with Gasteiger partial charge in [-0.1, -0.05) is 38.1 Å². The summed E-state index contributed by atoms with van der Waals surface area (Å²) < 4.78 is 0. The standard InChI is InChI=1S/C22H38N4O.HI/c1-4-22(5-2,12-16-27)18-25-21(23-6-3)24-13-15-26-14-11-19-9-7-8-10-20(19)17-26;/h7-10,27H,4-6,11-18H2,1-3H3,(H2,23,24,25);1H. The van der Waals surface area contributed by atoms with E-state index in [1.807, 2.05) is 0 Å². The van der Waals surface area contributed by atoms with Crippen LogP contribution in [0.25, 0.3) is 0 Å². The van der Waals surface area contributed by atoms with Crippen molar-refractivity contribution in [1.82, 2.24) is 15.5 Å². The van der Waals surface area contributed by atoms with Crippen LogP contribution < -0.4 is 10.6 Å². The second-order valence-electron chi connectivity index (χ2n) is 7.60. The largest absolute Gasteiger partial charge is 0.396 e. The molecule has 0 aliphatic carbocycles. The Morgan fingerprint density at radius 3 is 2.50 bits per heavy atom. The smallest absolute Gasteiger partial charge is 0.191 e. The number of aliphatic hydroxyl groups excluding tert-OH is 1. The third kappa shape index (κ3) is 7.52. The van der Waals surface area contributed by atoms with Crippen LogP contribution in [0.15, 0.2) is 29.3 Å². The van der Waals surface area contributed by atoms with Gasteiger partial charge in [0.05, 0.1) is 0 Å². The van der Waals surface area contributed by atoms with Gasteiger partial charge in [-0.05, 0) is 49.1 Å². The van der Waals surface area contributed by atoms with Gasteiger partial charge in [0.1, 0.15) is 0 Å². The summed E-state index contributed by atoms with van der Waals surface area (Å²) in [5, 5.41) is 16.2. The minimum Gasteiger partial charge on any atom is -0.396 e. The predicted molar refractivity (Wildman–Crippen MR) is 130 cm³/mol. The van der Waals surface area contributed by atoms with Gasteiger partial charge in [0, 0.05) is 45.9 Å². The normalized spacial score (nSPS) is 14.9. The maximum Gasteiger partial charge on any atom is 0.191 e. The van der Waals surface area contributed by atoms with Crippen LogP contribution in [-0.2, 0) is 13.0 Å². The molecule has 1 aliphatic rings. The van der Waals surface area contributed by atoms with Crippen LogP contribution in [0.3, 0.4) is 0 Å². The van der Waals surface area contributed by atoms with E-state index in [-0.39, 0.29) is 36.0 Å². The van der Waals surface area contributed by atoms with E-state index in [2.05, 4.69) is 60.6 Å². The van der Waals surface area contributed by atoms with E-state index in [1.54, 1.807) is 0 Å². The highest BCUT2D eigenvalue weighted by molar-refractivity contribution is 14.0. The topological polar surface area (TPSA) is 59.9 Å². The van der Waals surface area contributed by atoms with Crippen molar-refractivity contribution in [3.63, 3.8) is 0 Å². The van der Waals surface area contributed by atoms with E-state index in [0.29, 0.717) is 0 Å². The number of hydrogen-bond donors (Lipinski definition) is 3. The molecular weight excluding hydrogens is 463 g/mol. The van der Waals surface area contributed by atoms with E-state index in [1.165, 1.54) is 11.1 Å². The van der Waals surface area contributed by atoms with Crippen LogP contribution >= 0.6 is 24.0 Å². The second-order valence-corrected chi connectivity index (χ2v) is 7.60. The van der Waals surface area contributed by atoms with Crippen molar-refractivity contribution in [3.05, 3.63) is 35.4 Å². The summed E-state index contributed by atoms with van der Waals surface area (Å²) in [5.41, 5.74) is 3.06. The summed E-state index contributed by atoms with van der Waals surface area (Å²) in [5.74, 6) is 0.888. The van der Waals surface area contributed by atoms with Crippen LogP contribution in [-0.4, -0.2) is 55.3 Å². The Labute approximate surface area is 188 Å². The Balaban J connectivity index is 0.00000392. The first-order valence-corrected chi connectivity index (χ1v) is 10.6. The molecular formula is C22H39IN4O. The fraction of sp³-hybridized carbons (Fsp3) is 0.682. The molecule has 0 bridgehead atoms. The number of halogens is 1. The fourth-order valence-corrected chi connectivity index (χ4v) is 3.81. The van der Waals surface area contributed by atoms with Crippen LogP contribution in [0, 0.1) is 5.41 Å². The number of hydrogen-bond acceptors (Lipinski definition) is 3. The molecule has 0 aromatic heterocycles. The third-order valence-corrected chi connectivity index (χ3v) is 5.99. The summed E-state index contributed by atoms with van der Waals surface area (Å²) in [6.45, 7) is 12.4. The Hall–Kier alpha value is -0.860. The molecule has 1 aliphatic heterocycles. The Morgan fingerprint density at radius 2 is 1.86 bits per heavy atom. The van der Waals surface area contributed by atoms with E-state index in [4.69, 9.17) is 4.99 Å². The van der Waals surface area contributed by atoms with Crippen molar-refractivity contribution in [2.24, 2.45) is 10.4 Å². The van der Waals surface area contributed by atoms with Gasteiger partial charge in [-0.15, -0.1) is 24.0 Å². The van der Waals surface area contributed by atoms with Gasteiger partial charge >= 0.3 is 0 Å². The van der Waals surface area contributed by atoms with Crippen LogP contribution in [0.2, 0.25) is 0 Å². The van der Waals surface area contributed by atoms with Gasteiger partial charge in [-0.25, -0.2) is 0 Å². The highest BCUT2D eigenvalue weighted by Gasteiger charge is 2.25. The molecule has 0 radical (unpaired) electrons. The molecule has 0 atom stereocenters. The molecule has 0 unspecified atom stereocenters. The van der Waals surface area contributed by atoms with Crippen molar-refractivity contribution in [3.8, 4) is 0 Å². The second kappa shape index (κ2) is 13.4. The number of nitrogens with one attached hydrogen (secondary N) is 2. The van der Waals surface area contributed by atoms with E-state index < -0.39 is 0 Å². The molecule has 1 aromatic rings. The molecule has 1 aromatic carbocycles. The molecule has 160 valence electrons. The first kappa shape index (κ1) is 25.2. The first-order valence-electron chi connectivity index (χ1n) is 10.6. The summed E-state index contributed by atoms with van der Waals surface area (Å²) in [7, 11) is 0. The quantitative estimate of drug-likeness (QED) is 0.261. The monoisotopic (exact) mass is 502 g/mol. The molecule has 3 N–H and O–H groups in total. The van der Waals surface area contributed by atoms with Crippen LogP contribution in [0.4, 0.5) is 0 Å². The van der Waals surface area contributed by atoms with Gasteiger partial charge in [0.25, 0.3) is 0 Å². The maximum absolute atomic E-state index is 9.40. The molecule has 0 spiro atoms. The number of nitrogens with zero attached hydrogens (tertiary/aromatic N) is 2. The Kier molecular flexibility index (Phi) is 12.0. The van der Waals surface area contributed by atoms with Gasteiger partial charge in [-0.2, -0.15) is 0 Å². The number of rotatable bonds is 10. The zero-order chi connectivity index (χ0) is 19.5. The Morgan fingerprint density at radius 1 is 1.14 bits per heavy atom. The first-order chi connectivity index (χ1) is 13.2. The predicted octanol–water partition coefficient (Wildman–Crippen LogP) is 3.41. The lowest BCUT2D eigenvalue weighted by molar-refractivity contribution is 0.175. The molecule has 0 saturated carbocycles. The van der Waals surface area contributed by atoms with Crippen molar-refractivity contribution in [1.29, 1.82) is 0 Å². The third-order valence-electron chi connectivity index (χ3n) is 5.99. The summed E-state index contributed by atoms with van der Waals surface area (Å²) in [6, 6.07) is 8.77. The van der Waals surface area contributed by atoms with Crippen LogP contribution in [0.1, 0.15) is 51.2 Å². The van der Waals surface area contributed by atoms with E-state index in [9.17, 15) is 5.11 Å². The van der Waals surface area contributed by atoms with Crippen molar-refractivity contribution in [2.45, 2.75) is 53.0 Å². The maximum atomic E-state index is 9.40. The van der Waals surface area contributed by atoms with Gasteiger partial charge in [-0.3, -0.25) is 9.89 Å². The van der Waals surface area contributed by atoms with Gasteiger partial charge < -0.3 is 15.7 Å². The summed E-state index contributed by atoms with van der Waals surface area (Å²) in [4.78, 5) is 7.34. The molecule has 0 amide bonds. The molecule has 1 heterocycles. The minimum atomic E-state index is 0. The van der Waals surface area contributed by atoms with Crippen molar-refractivity contribution in [2.75, 3.05) is 39.3 Å². The number of aliphatic imine (C=N–C) groups is 1. The van der Waals surface area contributed by atoms with E-state index in [0.717, 1.165) is 70.9 Å². The average molecular weight is 502 g/mol. The van der Waals surface area contributed by atoms with E-state index >= 15 is 0 Å². The fourth-order valence-electron chi connectivity index (χ4n) is 3.81. The highest BCUT2D eigenvalue weighted by Crippen LogP contribution is 2.30. The molecule has 2 rings (SSSR count). The number of benzene rings is 1. The molecule has 28 heavy (non-hydrogen) atoms. The van der Waals surface area contributed by atoms with Crippen LogP contribution in [0.5, 0.6) is 0 Å². The highest BCUT2D eigenvalue weighted by atomic mass is 127. The average Bonchev–Trinajstić information content (AvgIpc) is 2.71. The summed E-state index contributed by atoms with van der Waals surface area (Å²) >= 11 is 0.